The van der Waals surface area contributed by atoms with Crippen LogP contribution in [0.5, 0.6) is 5.88 Å². The molecule has 0 saturated carbocycles. The highest BCUT2D eigenvalue weighted by Gasteiger charge is 2.21. The van der Waals surface area contributed by atoms with Crippen molar-refractivity contribution < 1.29 is 14.6 Å². The highest BCUT2D eigenvalue weighted by atomic mass is 16.5. The Morgan fingerprint density at radius 3 is 2.77 bits per heavy atom. The van der Waals surface area contributed by atoms with Gasteiger partial charge in [0.2, 0.25) is 5.88 Å². The third kappa shape index (κ3) is 3.45. The number of aromatic amines is 2. The first-order valence-electron chi connectivity index (χ1n) is 8.21. The third-order valence-electron chi connectivity index (χ3n) is 3.93. The first kappa shape index (κ1) is 17.7. The molecule has 1 aromatic carbocycles. The van der Waals surface area contributed by atoms with Gasteiger partial charge in [-0.3, -0.25) is 19.8 Å². The van der Waals surface area contributed by atoms with Crippen LogP contribution in [0.1, 0.15) is 25.8 Å². The van der Waals surface area contributed by atoms with Crippen LogP contribution in [0.25, 0.3) is 11.6 Å². The van der Waals surface area contributed by atoms with E-state index >= 15 is 0 Å². The van der Waals surface area contributed by atoms with Gasteiger partial charge >= 0.3 is 5.97 Å². The summed E-state index contributed by atoms with van der Waals surface area (Å²) >= 11 is 0. The van der Waals surface area contributed by atoms with Gasteiger partial charge in [0.15, 0.2) is 0 Å². The molecule has 8 nitrogen and oxygen atoms in total. The minimum absolute atomic E-state index is 0.102. The largest absolute Gasteiger partial charge is 0.480 e. The van der Waals surface area contributed by atoms with E-state index in [2.05, 4.69) is 15.2 Å². The van der Waals surface area contributed by atoms with Crippen molar-refractivity contribution in [3.63, 3.8) is 0 Å². The van der Waals surface area contributed by atoms with Crippen LogP contribution in [-0.4, -0.2) is 33.4 Å². The van der Waals surface area contributed by atoms with Crippen LogP contribution in [0.15, 0.2) is 39.7 Å². The second kappa shape index (κ2) is 7.01. The van der Waals surface area contributed by atoms with Crippen LogP contribution in [0.2, 0.25) is 0 Å². The summed E-state index contributed by atoms with van der Waals surface area (Å²) in [6, 6.07) is 6.31. The van der Waals surface area contributed by atoms with Crippen LogP contribution in [0.4, 0.5) is 0 Å². The number of para-hydroxylation sites is 1. The maximum absolute atomic E-state index is 12.1. The van der Waals surface area contributed by atoms with Gasteiger partial charge < -0.3 is 15.6 Å². The van der Waals surface area contributed by atoms with Gasteiger partial charge in [-0.1, -0.05) is 18.2 Å². The number of ether oxygens (including phenoxy) is 1. The summed E-state index contributed by atoms with van der Waals surface area (Å²) in [4.78, 5) is 27.9. The van der Waals surface area contributed by atoms with Crippen molar-refractivity contribution in [3.8, 4) is 5.88 Å². The molecule has 2 aromatic rings. The molecule has 136 valence electrons. The fourth-order valence-electron chi connectivity index (χ4n) is 2.75. The van der Waals surface area contributed by atoms with Gasteiger partial charge in [-0.25, -0.2) is 4.99 Å². The van der Waals surface area contributed by atoms with Gasteiger partial charge in [-0.15, -0.1) is 0 Å². The number of rotatable bonds is 6. The summed E-state index contributed by atoms with van der Waals surface area (Å²) in [5.41, 5.74) is 6.87. The number of H-pyrrole nitrogens is 2. The third-order valence-corrected chi connectivity index (χ3v) is 3.93. The van der Waals surface area contributed by atoms with Crippen LogP contribution in [0, 0.1) is 0 Å². The molecule has 0 bridgehead atoms. The Kier molecular flexibility index (Phi) is 4.77. The number of nitrogens with zero attached hydrogens (tertiary/aromatic N) is 1. The monoisotopic (exact) mass is 356 g/mol. The molecule has 0 fully saturated rings. The van der Waals surface area contributed by atoms with Gasteiger partial charge in [-0.2, -0.15) is 0 Å². The van der Waals surface area contributed by atoms with Crippen molar-refractivity contribution in [1.82, 2.24) is 10.2 Å². The van der Waals surface area contributed by atoms with Crippen LogP contribution < -0.4 is 26.6 Å². The highest BCUT2D eigenvalue weighted by molar-refractivity contribution is 5.81. The zero-order chi connectivity index (χ0) is 18.8. The number of allylic oxidation sites excluding steroid dienone is 1. The predicted molar refractivity (Wildman–Crippen MR) is 96.0 cm³/mol. The SMILES string of the molecule is CC(C)Oc1[nH][nH]c(=O)c1/C=C1/N=c2ccccc2=C1CC(N)C(=O)O. The van der Waals surface area contributed by atoms with E-state index < -0.39 is 12.0 Å². The van der Waals surface area contributed by atoms with Crippen molar-refractivity contribution in [2.75, 3.05) is 0 Å². The minimum atomic E-state index is -1.09. The van der Waals surface area contributed by atoms with Gasteiger partial charge in [-0.05, 0) is 31.6 Å². The lowest BCUT2D eigenvalue weighted by Crippen LogP contribution is -2.32. The maximum Gasteiger partial charge on any atom is 0.320 e. The number of aromatic nitrogens is 2. The van der Waals surface area contributed by atoms with Crippen LogP contribution in [-0.2, 0) is 4.79 Å². The van der Waals surface area contributed by atoms with Gasteiger partial charge in [0.05, 0.1) is 17.2 Å². The van der Waals surface area contributed by atoms with Gasteiger partial charge in [0.25, 0.3) is 5.56 Å². The second-order valence-electron chi connectivity index (χ2n) is 6.27. The normalized spacial score (nSPS) is 15.8. The Labute approximate surface area is 148 Å². The number of carboxylic acid groups (broad SMARTS) is 1. The van der Waals surface area contributed by atoms with Crippen molar-refractivity contribution >= 4 is 17.6 Å². The highest BCUT2D eigenvalue weighted by Crippen LogP contribution is 2.24. The van der Waals surface area contributed by atoms with Crippen LogP contribution in [0.3, 0.4) is 0 Å². The van der Waals surface area contributed by atoms with Crippen molar-refractivity contribution in [3.05, 3.63) is 56.5 Å². The fraction of sp³-hybridized carbons (Fsp3) is 0.278. The molecular formula is C18H20N4O4. The maximum atomic E-state index is 12.1. The smallest absolute Gasteiger partial charge is 0.320 e. The van der Waals surface area contributed by atoms with Gasteiger partial charge in [0.1, 0.15) is 11.6 Å². The Morgan fingerprint density at radius 2 is 2.08 bits per heavy atom. The van der Waals surface area contributed by atoms with Crippen molar-refractivity contribution in [1.29, 1.82) is 0 Å². The molecule has 2 heterocycles. The molecule has 5 N–H and O–H groups in total. The average Bonchev–Trinajstić information content (AvgIpc) is 3.10. The number of nitrogens with one attached hydrogen (secondary N) is 2. The molecule has 1 atom stereocenters. The van der Waals surface area contributed by atoms with E-state index in [4.69, 9.17) is 15.6 Å². The summed E-state index contributed by atoms with van der Waals surface area (Å²) in [6.45, 7) is 3.70. The summed E-state index contributed by atoms with van der Waals surface area (Å²) in [7, 11) is 0. The Morgan fingerprint density at radius 1 is 1.35 bits per heavy atom. The summed E-state index contributed by atoms with van der Waals surface area (Å²) in [5, 5.41) is 15.9. The Balaban J connectivity index is 2.12. The molecule has 0 radical (unpaired) electrons. The van der Waals surface area contributed by atoms with E-state index in [1.54, 1.807) is 6.08 Å². The topological polar surface area (TPSA) is 134 Å². The minimum Gasteiger partial charge on any atom is -0.480 e. The molecule has 8 heteroatoms. The van der Waals surface area contributed by atoms with Crippen molar-refractivity contribution in [2.45, 2.75) is 32.4 Å². The molecule has 0 spiro atoms. The zero-order valence-electron chi connectivity index (χ0n) is 14.4. The van der Waals surface area contributed by atoms with Crippen molar-refractivity contribution in [2.24, 2.45) is 10.7 Å². The molecule has 26 heavy (non-hydrogen) atoms. The summed E-state index contributed by atoms with van der Waals surface area (Å²) in [6.07, 6.45) is 1.57. The van der Waals surface area contributed by atoms with Crippen LogP contribution >= 0.6 is 0 Å². The molecule has 1 aliphatic heterocycles. The lowest BCUT2D eigenvalue weighted by atomic mass is 10.0. The number of aliphatic carboxylic acids is 1. The van der Waals surface area contributed by atoms with E-state index in [0.717, 1.165) is 5.22 Å². The molecule has 1 unspecified atom stereocenters. The van der Waals surface area contributed by atoms with E-state index in [-0.39, 0.29) is 18.1 Å². The zero-order valence-corrected chi connectivity index (χ0v) is 14.4. The van der Waals surface area contributed by atoms with E-state index in [9.17, 15) is 9.59 Å². The first-order chi connectivity index (χ1) is 12.4. The molecule has 1 aromatic heterocycles. The quantitative estimate of drug-likeness (QED) is 0.583. The standard InChI is InChI=1S/C18H20N4O4/c1-9(2)26-17-12(16(23)21-22-17)8-15-11(7-13(19)18(24)25)10-5-3-4-6-14(10)20-15/h3-6,8-9,13H,7,19H2,1-2H3,(H,24,25)(H2,21,22,23)/b15-8+. The number of benzene rings is 1. The number of carboxylic acids is 1. The first-order valence-corrected chi connectivity index (χ1v) is 8.21. The Hall–Kier alpha value is -3.13. The average molecular weight is 356 g/mol. The molecule has 0 amide bonds. The lowest BCUT2D eigenvalue weighted by Gasteiger charge is -2.10. The fourth-order valence-corrected chi connectivity index (χ4v) is 2.75. The molecule has 3 rings (SSSR count). The number of nitrogens with two attached hydrogens (primary N) is 1. The Bertz CT molecular complexity index is 1050. The molecule has 1 aliphatic rings. The number of fused-ring (bicyclic) bond motifs is 1. The molecule has 0 saturated heterocycles. The molecular weight excluding hydrogens is 336 g/mol. The van der Waals surface area contributed by atoms with E-state index in [1.165, 1.54) is 0 Å². The van der Waals surface area contributed by atoms with E-state index in [1.807, 2.05) is 38.1 Å². The number of carbonyl (C=O) groups is 1. The number of hydrogen-bond donors (Lipinski definition) is 4. The van der Waals surface area contributed by atoms with E-state index in [0.29, 0.717) is 28.1 Å². The lowest BCUT2D eigenvalue weighted by molar-refractivity contribution is -0.138. The number of hydrogen-bond acceptors (Lipinski definition) is 5. The van der Waals surface area contributed by atoms with Gasteiger partial charge in [0, 0.05) is 11.6 Å². The molecule has 0 aliphatic carbocycles. The second-order valence-corrected chi connectivity index (χ2v) is 6.27. The summed E-state index contributed by atoms with van der Waals surface area (Å²) in [5.74, 6) is -0.782. The summed E-state index contributed by atoms with van der Waals surface area (Å²) < 4.78 is 5.61. The predicted octanol–water partition coefficient (Wildman–Crippen LogP) is 0.117.